The van der Waals surface area contributed by atoms with E-state index in [4.69, 9.17) is 14.2 Å². The number of allylic oxidation sites excluding steroid dienone is 2. The maximum absolute atomic E-state index is 12.0. The topological polar surface area (TPSA) is 44.8 Å². The zero-order valence-corrected chi connectivity index (χ0v) is 13.3. The zero-order chi connectivity index (χ0) is 16.2. The smallest absolute Gasteiger partial charge is 0.310 e. The third-order valence-electron chi connectivity index (χ3n) is 3.92. The number of hydrogen-bond donors (Lipinski definition) is 0. The third kappa shape index (κ3) is 3.78. The van der Waals surface area contributed by atoms with Gasteiger partial charge in [-0.3, -0.25) is 4.79 Å². The summed E-state index contributed by atoms with van der Waals surface area (Å²) in [4.78, 5) is 12.0. The van der Waals surface area contributed by atoms with Gasteiger partial charge in [-0.1, -0.05) is 32.2 Å². The van der Waals surface area contributed by atoms with Crippen molar-refractivity contribution in [1.29, 1.82) is 0 Å². The summed E-state index contributed by atoms with van der Waals surface area (Å²) in [5, 5.41) is 0. The van der Waals surface area contributed by atoms with E-state index in [1.165, 1.54) is 14.2 Å². The van der Waals surface area contributed by atoms with Crippen molar-refractivity contribution in [2.24, 2.45) is 17.8 Å². The van der Waals surface area contributed by atoms with Gasteiger partial charge in [-0.25, -0.2) is 0 Å². The van der Waals surface area contributed by atoms with Gasteiger partial charge < -0.3 is 14.2 Å². The molecule has 0 aromatic carbocycles. The fourth-order valence-corrected chi connectivity index (χ4v) is 2.42. The van der Waals surface area contributed by atoms with Gasteiger partial charge in [0.05, 0.1) is 26.7 Å². The summed E-state index contributed by atoms with van der Waals surface area (Å²) in [6, 6.07) is 0. The molecule has 1 aliphatic rings. The maximum Gasteiger partial charge on any atom is 0.310 e. The summed E-state index contributed by atoms with van der Waals surface area (Å²) >= 11 is 0. The lowest BCUT2D eigenvalue weighted by Gasteiger charge is -2.23. The van der Waals surface area contributed by atoms with Gasteiger partial charge in [0, 0.05) is 5.92 Å². The molecule has 1 heterocycles. The third-order valence-corrected chi connectivity index (χ3v) is 3.92. The molecule has 4 heteroatoms. The standard InChI is InChI=1S/C17H24O4/c1-10(2)14-9-21-17(18)16(14)12(4)11(3)8-15(20-7)13(5)19-6/h8,12,14,16H,1,3,5,9H2,2,4,6-7H3. The van der Waals surface area contributed by atoms with Gasteiger partial charge in [-0.15, -0.1) is 0 Å². The molecule has 0 bridgehead atoms. The summed E-state index contributed by atoms with van der Waals surface area (Å²) in [5.74, 6) is 0.379. The van der Waals surface area contributed by atoms with Crippen LogP contribution in [0.1, 0.15) is 13.8 Å². The van der Waals surface area contributed by atoms with Crippen LogP contribution in [0.5, 0.6) is 0 Å². The summed E-state index contributed by atoms with van der Waals surface area (Å²) in [7, 11) is 3.06. The molecule has 3 unspecified atom stereocenters. The maximum atomic E-state index is 12.0. The Kier molecular flexibility index (Phi) is 5.82. The summed E-state index contributed by atoms with van der Waals surface area (Å²) < 4.78 is 15.5. The highest BCUT2D eigenvalue weighted by molar-refractivity contribution is 5.76. The molecule has 0 spiro atoms. The first kappa shape index (κ1) is 17.1. The van der Waals surface area contributed by atoms with Crippen LogP contribution in [-0.4, -0.2) is 26.8 Å². The molecule has 0 N–H and O–H groups in total. The first-order valence-corrected chi connectivity index (χ1v) is 6.83. The summed E-state index contributed by atoms with van der Waals surface area (Å²) in [5.41, 5.74) is 1.71. The van der Waals surface area contributed by atoms with Crippen molar-refractivity contribution in [3.05, 3.63) is 48.5 Å². The predicted octanol–water partition coefficient (Wildman–Crippen LogP) is 3.23. The second-order valence-electron chi connectivity index (χ2n) is 5.31. The van der Waals surface area contributed by atoms with Crippen LogP contribution in [-0.2, 0) is 19.0 Å². The van der Waals surface area contributed by atoms with Crippen molar-refractivity contribution in [3.8, 4) is 0 Å². The minimum atomic E-state index is -0.264. The Morgan fingerprint density at radius 1 is 1.33 bits per heavy atom. The van der Waals surface area contributed by atoms with Gasteiger partial charge in [0.2, 0.25) is 0 Å². The van der Waals surface area contributed by atoms with E-state index >= 15 is 0 Å². The minimum Gasteiger partial charge on any atom is -0.494 e. The zero-order valence-electron chi connectivity index (χ0n) is 13.3. The molecule has 1 aliphatic heterocycles. The largest absolute Gasteiger partial charge is 0.494 e. The number of esters is 1. The monoisotopic (exact) mass is 292 g/mol. The Morgan fingerprint density at radius 2 is 1.95 bits per heavy atom. The number of methoxy groups -OCH3 is 2. The highest BCUT2D eigenvalue weighted by Crippen LogP contribution is 2.37. The molecule has 0 saturated carbocycles. The van der Waals surface area contributed by atoms with Crippen molar-refractivity contribution >= 4 is 5.97 Å². The van der Waals surface area contributed by atoms with Gasteiger partial charge in [-0.05, 0) is 24.5 Å². The fraction of sp³-hybridized carbons (Fsp3) is 0.471. The second kappa shape index (κ2) is 7.16. The molecular formula is C17H24O4. The van der Waals surface area contributed by atoms with Crippen molar-refractivity contribution < 1.29 is 19.0 Å². The highest BCUT2D eigenvalue weighted by atomic mass is 16.5. The highest BCUT2D eigenvalue weighted by Gasteiger charge is 2.41. The minimum absolute atomic E-state index is 0.0225. The van der Waals surface area contributed by atoms with E-state index in [1.807, 2.05) is 13.8 Å². The normalized spacial score (nSPS) is 23.2. The molecule has 1 fully saturated rings. The molecule has 21 heavy (non-hydrogen) atoms. The number of ether oxygens (including phenoxy) is 3. The lowest BCUT2D eigenvalue weighted by Crippen LogP contribution is -2.25. The van der Waals surface area contributed by atoms with Gasteiger partial charge in [0.1, 0.15) is 0 Å². The number of hydrogen-bond acceptors (Lipinski definition) is 4. The average Bonchev–Trinajstić information content (AvgIpc) is 2.84. The number of rotatable bonds is 7. The molecule has 0 amide bonds. The molecular weight excluding hydrogens is 268 g/mol. The Bertz CT molecular complexity index is 487. The van der Waals surface area contributed by atoms with E-state index in [-0.39, 0.29) is 23.7 Å². The van der Waals surface area contributed by atoms with Crippen molar-refractivity contribution in [3.63, 3.8) is 0 Å². The molecule has 4 nitrogen and oxygen atoms in total. The first-order valence-electron chi connectivity index (χ1n) is 6.83. The van der Waals surface area contributed by atoms with Gasteiger partial charge in [0.25, 0.3) is 0 Å². The molecule has 0 aromatic rings. The van der Waals surface area contributed by atoms with Crippen LogP contribution in [0.3, 0.4) is 0 Å². The Labute approximate surface area is 126 Å². The Balaban J connectivity index is 2.96. The van der Waals surface area contributed by atoms with Crippen LogP contribution in [0, 0.1) is 17.8 Å². The van der Waals surface area contributed by atoms with Gasteiger partial charge in [0.15, 0.2) is 11.5 Å². The quantitative estimate of drug-likeness (QED) is 0.313. The molecule has 1 rings (SSSR count). The lowest BCUT2D eigenvalue weighted by atomic mass is 9.78. The Hall–Kier alpha value is -1.97. The van der Waals surface area contributed by atoms with Crippen LogP contribution >= 0.6 is 0 Å². The molecule has 1 saturated heterocycles. The van der Waals surface area contributed by atoms with Crippen LogP contribution < -0.4 is 0 Å². The number of carbonyl (C=O) groups excluding carboxylic acids is 1. The van der Waals surface area contributed by atoms with Crippen molar-refractivity contribution in [2.45, 2.75) is 13.8 Å². The van der Waals surface area contributed by atoms with Crippen LogP contribution in [0.25, 0.3) is 0 Å². The molecule has 0 radical (unpaired) electrons. The molecule has 116 valence electrons. The summed E-state index contributed by atoms with van der Waals surface area (Å²) in [6.45, 7) is 16.0. The van der Waals surface area contributed by atoms with E-state index in [0.29, 0.717) is 18.1 Å². The summed E-state index contributed by atoms with van der Waals surface area (Å²) in [6.07, 6.45) is 1.75. The van der Waals surface area contributed by atoms with Crippen LogP contribution in [0.4, 0.5) is 0 Å². The van der Waals surface area contributed by atoms with E-state index < -0.39 is 0 Å². The lowest BCUT2D eigenvalue weighted by molar-refractivity contribution is -0.142. The van der Waals surface area contributed by atoms with E-state index in [0.717, 1.165) is 11.1 Å². The number of cyclic esters (lactones) is 1. The van der Waals surface area contributed by atoms with Crippen LogP contribution in [0.15, 0.2) is 48.5 Å². The van der Waals surface area contributed by atoms with E-state index in [9.17, 15) is 4.79 Å². The Morgan fingerprint density at radius 3 is 2.43 bits per heavy atom. The predicted molar refractivity (Wildman–Crippen MR) is 82.3 cm³/mol. The van der Waals surface area contributed by atoms with Crippen molar-refractivity contribution in [1.82, 2.24) is 0 Å². The molecule has 3 atom stereocenters. The van der Waals surface area contributed by atoms with E-state index in [1.54, 1.807) is 6.08 Å². The first-order chi connectivity index (χ1) is 9.83. The van der Waals surface area contributed by atoms with Gasteiger partial charge >= 0.3 is 5.97 Å². The number of carbonyl (C=O) groups is 1. The van der Waals surface area contributed by atoms with E-state index in [2.05, 4.69) is 19.7 Å². The molecule has 0 aliphatic carbocycles. The average molecular weight is 292 g/mol. The van der Waals surface area contributed by atoms with Crippen molar-refractivity contribution in [2.75, 3.05) is 20.8 Å². The fourth-order valence-electron chi connectivity index (χ4n) is 2.42. The SMILES string of the molecule is C=C(OC)C(=CC(=C)C(C)C1C(=O)OCC1C(=C)C)OC. The second-order valence-corrected chi connectivity index (χ2v) is 5.31. The van der Waals surface area contributed by atoms with Crippen LogP contribution in [0.2, 0.25) is 0 Å². The van der Waals surface area contributed by atoms with Gasteiger partial charge in [-0.2, -0.15) is 0 Å². The molecule has 0 aromatic heterocycles.